The third-order valence-electron chi connectivity index (χ3n) is 6.74. The molecule has 1 saturated carbocycles. The lowest BCUT2D eigenvalue weighted by Gasteiger charge is -2.49. The number of nitrogens with zero attached hydrogens (tertiary/aromatic N) is 2. The summed E-state index contributed by atoms with van der Waals surface area (Å²) in [5.41, 5.74) is 0.290. The van der Waals surface area contributed by atoms with E-state index in [1.165, 1.54) is 18.9 Å². The molecule has 3 aliphatic rings. The van der Waals surface area contributed by atoms with Crippen molar-refractivity contribution in [2.24, 2.45) is 5.41 Å². The quantitative estimate of drug-likeness (QED) is 0.789. The Morgan fingerprint density at radius 1 is 1.04 bits per heavy atom. The third kappa shape index (κ3) is 3.58. The lowest BCUT2D eigenvalue weighted by atomic mass is 9.72. The van der Waals surface area contributed by atoms with Gasteiger partial charge in [0.25, 0.3) is 5.91 Å². The molecular formula is C21H26F2N2O2. The minimum Gasteiger partial charge on any atom is -0.339 e. The first-order chi connectivity index (χ1) is 13.0. The van der Waals surface area contributed by atoms with E-state index >= 15 is 0 Å². The summed E-state index contributed by atoms with van der Waals surface area (Å²) >= 11 is 0. The van der Waals surface area contributed by atoms with Crippen LogP contribution in [0.4, 0.5) is 8.78 Å². The second kappa shape index (κ2) is 7.21. The average molecular weight is 376 g/mol. The SMILES string of the molecule is O=C(c1ccc(F)c(F)c1)N1CCC2(CCC(=O)N(C3CCCC3)C2)CC1. The van der Waals surface area contributed by atoms with Crippen LogP contribution in [-0.2, 0) is 4.79 Å². The molecule has 0 bridgehead atoms. The lowest BCUT2D eigenvalue weighted by molar-refractivity contribution is -0.142. The fourth-order valence-corrected chi connectivity index (χ4v) is 5.00. The first-order valence-corrected chi connectivity index (χ1v) is 10.0. The maximum Gasteiger partial charge on any atom is 0.253 e. The Morgan fingerprint density at radius 3 is 2.41 bits per heavy atom. The van der Waals surface area contributed by atoms with Crippen molar-refractivity contribution in [3.05, 3.63) is 35.4 Å². The zero-order chi connectivity index (χ0) is 19.0. The zero-order valence-corrected chi connectivity index (χ0v) is 15.6. The molecule has 2 aliphatic heterocycles. The van der Waals surface area contributed by atoms with E-state index in [0.29, 0.717) is 25.6 Å². The minimum atomic E-state index is -0.993. The third-order valence-corrected chi connectivity index (χ3v) is 6.74. The number of likely N-dealkylation sites (tertiary alicyclic amines) is 2. The first-order valence-electron chi connectivity index (χ1n) is 10.0. The van der Waals surface area contributed by atoms with Crippen LogP contribution in [0.25, 0.3) is 0 Å². The van der Waals surface area contributed by atoms with Gasteiger partial charge in [0.05, 0.1) is 0 Å². The number of carbonyl (C=O) groups excluding carboxylic acids is 2. The van der Waals surface area contributed by atoms with Gasteiger partial charge in [-0.1, -0.05) is 12.8 Å². The van der Waals surface area contributed by atoms with Gasteiger partial charge in [-0.15, -0.1) is 0 Å². The molecule has 6 heteroatoms. The maximum absolute atomic E-state index is 13.4. The molecule has 1 aliphatic carbocycles. The highest BCUT2D eigenvalue weighted by Crippen LogP contribution is 2.42. The van der Waals surface area contributed by atoms with Crippen LogP contribution in [0.1, 0.15) is 61.7 Å². The number of hydrogen-bond acceptors (Lipinski definition) is 2. The van der Waals surface area contributed by atoms with Crippen LogP contribution in [0.15, 0.2) is 18.2 Å². The van der Waals surface area contributed by atoms with Gasteiger partial charge in [-0.3, -0.25) is 9.59 Å². The Bertz CT molecular complexity index is 738. The molecular weight excluding hydrogens is 350 g/mol. The van der Waals surface area contributed by atoms with Gasteiger partial charge in [-0.05, 0) is 55.7 Å². The van der Waals surface area contributed by atoms with Crippen LogP contribution in [0.5, 0.6) is 0 Å². The van der Waals surface area contributed by atoms with E-state index < -0.39 is 11.6 Å². The monoisotopic (exact) mass is 376 g/mol. The second-order valence-corrected chi connectivity index (χ2v) is 8.38. The fourth-order valence-electron chi connectivity index (χ4n) is 5.00. The van der Waals surface area contributed by atoms with E-state index in [2.05, 4.69) is 4.90 Å². The highest BCUT2D eigenvalue weighted by Gasteiger charge is 2.43. The number of rotatable bonds is 2. The Labute approximate surface area is 158 Å². The van der Waals surface area contributed by atoms with Crippen molar-refractivity contribution < 1.29 is 18.4 Å². The largest absolute Gasteiger partial charge is 0.339 e. The summed E-state index contributed by atoms with van der Waals surface area (Å²) in [5, 5.41) is 0. The van der Waals surface area contributed by atoms with E-state index in [0.717, 1.165) is 50.8 Å². The van der Waals surface area contributed by atoms with Crippen LogP contribution in [0, 0.1) is 17.0 Å². The van der Waals surface area contributed by atoms with E-state index in [-0.39, 0.29) is 22.8 Å². The smallest absolute Gasteiger partial charge is 0.253 e. The van der Waals surface area contributed by atoms with Crippen LogP contribution >= 0.6 is 0 Å². The molecule has 0 atom stereocenters. The maximum atomic E-state index is 13.4. The van der Waals surface area contributed by atoms with E-state index in [1.807, 2.05) is 0 Å². The number of piperidine rings is 2. The number of amides is 2. The highest BCUT2D eigenvalue weighted by atomic mass is 19.2. The molecule has 0 unspecified atom stereocenters. The number of hydrogen-bond donors (Lipinski definition) is 0. The van der Waals surface area contributed by atoms with Gasteiger partial charge in [0.1, 0.15) is 0 Å². The van der Waals surface area contributed by atoms with Crippen molar-refractivity contribution >= 4 is 11.8 Å². The Hall–Kier alpha value is -1.98. The topological polar surface area (TPSA) is 40.6 Å². The van der Waals surface area contributed by atoms with Gasteiger partial charge in [0, 0.05) is 37.7 Å². The first kappa shape index (κ1) is 18.4. The Kier molecular flexibility index (Phi) is 4.91. The summed E-state index contributed by atoms with van der Waals surface area (Å²) in [7, 11) is 0. The van der Waals surface area contributed by atoms with Crippen molar-refractivity contribution in [2.75, 3.05) is 19.6 Å². The van der Waals surface area contributed by atoms with Gasteiger partial charge in [-0.2, -0.15) is 0 Å². The molecule has 1 aromatic rings. The van der Waals surface area contributed by atoms with Gasteiger partial charge in [-0.25, -0.2) is 8.78 Å². The predicted molar refractivity (Wildman–Crippen MR) is 97.1 cm³/mol. The molecule has 2 amide bonds. The van der Waals surface area contributed by atoms with Gasteiger partial charge in [0.15, 0.2) is 11.6 Å². The zero-order valence-electron chi connectivity index (χ0n) is 15.6. The standard InChI is InChI=1S/C21H26F2N2O2/c22-17-6-5-15(13-18(17)23)20(27)24-11-9-21(10-12-24)8-7-19(26)25(14-21)16-3-1-2-4-16/h5-6,13,16H,1-4,7-12,14H2. The summed E-state index contributed by atoms with van der Waals surface area (Å²) in [5.74, 6) is -1.90. The molecule has 1 aromatic carbocycles. The van der Waals surface area contributed by atoms with Crippen LogP contribution < -0.4 is 0 Å². The second-order valence-electron chi connectivity index (χ2n) is 8.38. The van der Waals surface area contributed by atoms with Crippen LogP contribution in [-0.4, -0.2) is 47.3 Å². The normalized spacial score (nSPS) is 23.3. The van der Waals surface area contributed by atoms with Crippen LogP contribution in [0.3, 0.4) is 0 Å². The number of halogens is 2. The summed E-state index contributed by atoms with van der Waals surface area (Å²) in [6.45, 7) is 2.01. The van der Waals surface area contributed by atoms with Crippen molar-refractivity contribution in [2.45, 2.75) is 57.4 Å². The lowest BCUT2D eigenvalue weighted by Crippen LogP contribution is -2.54. The predicted octanol–water partition coefficient (Wildman–Crippen LogP) is 3.75. The van der Waals surface area contributed by atoms with Crippen LogP contribution in [0.2, 0.25) is 0 Å². The van der Waals surface area contributed by atoms with E-state index in [4.69, 9.17) is 0 Å². The van der Waals surface area contributed by atoms with Crippen molar-refractivity contribution in [1.82, 2.24) is 9.80 Å². The molecule has 27 heavy (non-hydrogen) atoms. The van der Waals surface area contributed by atoms with E-state index in [9.17, 15) is 18.4 Å². The molecule has 2 saturated heterocycles. The molecule has 0 N–H and O–H groups in total. The molecule has 1 spiro atoms. The molecule has 2 heterocycles. The van der Waals surface area contributed by atoms with Gasteiger partial charge < -0.3 is 9.80 Å². The summed E-state index contributed by atoms with van der Waals surface area (Å²) in [4.78, 5) is 28.9. The Balaban J connectivity index is 1.41. The van der Waals surface area contributed by atoms with Crippen molar-refractivity contribution in [3.63, 3.8) is 0 Å². The van der Waals surface area contributed by atoms with Gasteiger partial charge in [0.2, 0.25) is 5.91 Å². The van der Waals surface area contributed by atoms with Crippen molar-refractivity contribution in [1.29, 1.82) is 0 Å². The van der Waals surface area contributed by atoms with E-state index in [1.54, 1.807) is 4.90 Å². The molecule has 4 rings (SSSR count). The average Bonchev–Trinajstić information content (AvgIpc) is 3.21. The molecule has 146 valence electrons. The molecule has 0 aromatic heterocycles. The van der Waals surface area contributed by atoms with Crippen molar-refractivity contribution in [3.8, 4) is 0 Å². The fraction of sp³-hybridized carbons (Fsp3) is 0.619. The molecule has 0 radical (unpaired) electrons. The number of carbonyl (C=O) groups is 2. The Morgan fingerprint density at radius 2 is 1.74 bits per heavy atom. The summed E-state index contributed by atoms with van der Waals surface area (Å²) in [6.07, 6.45) is 7.86. The highest BCUT2D eigenvalue weighted by molar-refractivity contribution is 5.94. The summed E-state index contributed by atoms with van der Waals surface area (Å²) in [6, 6.07) is 3.71. The minimum absolute atomic E-state index is 0.0985. The molecule has 4 nitrogen and oxygen atoms in total. The van der Waals surface area contributed by atoms with Gasteiger partial charge >= 0.3 is 0 Å². The summed E-state index contributed by atoms with van der Waals surface area (Å²) < 4.78 is 26.5. The molecule has 3 fully saturated rings. The number of benzene rings is 1.